The minimum atomic E-state index is 0.918. The van der Waals surface area contributed by atoms with Crippen LogP contribution in [0.15, 0.2) is 83.3 Å². The second-order valence-electron chi connectivity index (χ2n) is 7.29. The standard InChI is InChI=1S/C26H21O/c1-17-13-14-18(2)25-21(17)15-23-22(19-9-5-3-6-10-19)16-24(27-26(23)25)20-11-7-4-8-12-20/h3-14,16H,15H2,1-2H3/q+1. The van der Waals surface area contributed by atoms with Crippen LogP contribution in [0.1, 0.15) is 22.3 Å². The second kappa shape index (κ2) is 6.21. The van der Waals surface area contributed by atoms with Crippen LogP contribution in [0.4, 0.5) is 0 Å². The van der Waals surface area contributed by atoms with Gasteiger partial charge in [0.15, 0.2) is 0 Å². The van der Waals surface area contributed by atoms with Crippen molar-refractivity contribution in [1.29, 1.82) is 0 Å². The number of fused-ring (bicyclic) bond motifs is 3. The first-order valence-corrected chi connectivity index (χ1v) is 9.42. The van der Waals surface area contributed by atoms with Crippen LogP contribution >= 0.6 is 0 Å². The Balaban J connectivity index is 1.83. The quantitative estimate of drug-likeness (QED) is 0.310. The van der Waals surface area contributed by atoms with E-state index in [0.717, 1.165) is 23.5 Å². The predicted octanol–water partition coefficient (Wildman–Crippen LogP) is 7.08. The first-order valence-electron chi connectivity index (χ1n) is 9.42. The molecule has 1 aliphatic rings. The predicted molar refractivity (Wildman–Crippen MR) is 112 cm³/mol. The number of hydrogen-bond acceptors (Lipinski definition) is 0. The number of aryl methyl sites for hydroxylation is 2. The molecule has 0 amide bonds. The molecule has 4 aromatic rings. The number of benzene rings is 3. The molecule has 3 aromatic carbocycles. The summed E-state index contributed by atoms with van der Waals surface area (Å²) in [5.41, 5.74) is 10.2. The van der Waals surface area contributed by atoms with Crippen LogP contribution in [-0.2, 0) is 6.42 Å². The van der Waals surface area contributed by atoms with Crippen molar-refractivity contribution in [2.75, 3.05) is 0 Å². The summed E-state index contributed by atoms with van der Waals surface area (Å²) in [5.74, 6) is 1.95. The average Bonchev–Trinajstić information content (AvgIpc) is 3.12. The highest BCUT2D eigenvalue weighted by atomic mass is 16.3. The Kier molecular flexibility index (Phi) is 3.68. The molecule has 130 valence electrons. The van der Waals surface area contributed by atoms with E-state index in [1.807, 2.05) is 6.07 Å². The maximum absolute atomic E-state index is 6.53. The van der Waals surface area contributed by atoms with E-state index < -0.39 is 0 Å². The van der Waals surface area contributed by atoms with E-state index >= 15 is 0 Å². The van der Waals surface area contributed by atoms with E-state index in [0.29, 0.717) is 0 Å². The SMILES string of the molecule is Cc1ccc(C)c2c1Cc1c(-c3ccccc3)cc(-c3ccccc3)[o+]c1-2. The topological polar surface area (TPSA) is 11.3 Å². The minimum absolute atomic E-state index is 0.918. The lowest BCUT2D eigenvalue weighted by atomic mass is 9.97. The summed E-state index contributed by atoms with van der Waals surface area (Å²) in [6.45, 7) is 4.38. The molecule has 1 aliphatic carbocycles. The summed E-state index contributed by atoms with van der Waals surface area (Å²) < 4.78 is 6.53. The maximum atomic E-state index is 6.53. The third-order valence-electron chi connectivity index (χ3n) is 5.57. The molecule has 0 saturated carbocycles. The highest BCUT2D eigenvalue weighted by Gasteiger charge is 2.36. The van der Waals surface area contributed by atoms with E-state index in [9.17, 15) is 0 Å². The zero-order valence-corrected chi connectivity index (χ0v) is 15.6. The molecule has 0 fully saturated rings. The van der Waals surface area contributed by atoms with Crippen molar-refractivity contribution >= 4 is 0 Å². The van der Waals surface area contributed by atoms with Crippen LogP contribution in [-0.4, -0.2) is 0 Å². The molecule has 27 heavy (non-hydrogen) atoms. The Morgan fingerprint density at radius 1 is 0.667 bits per heavy atom. The van der Waals surface area contributed by atoms with Crippen molar-refractivity contribution in [3.8, 4) is 33.8 Å². The van der Waals surface area contributed by atoms with Crippen LogP contribution in [0, 0.1) is 13.8 Å². The van der Waals surface area contributed by atoms with Gasteiger partial charge in [-0.05, 0) is 48.2 Å². The third kappa shape index (κ3) is 2.59. The van der Waals surface area contributed by atoms with E-state index in [2.05, 4.69) is 86.6 Å². The fourth-order valence-corrected chi connectivity index (χ4v) is 4.13. The highest BCUT2D eigenvalue weighted by molar-refractivity contribution is 5.85. The summed E-state index contributed by atoms with van der Waals surface area (Å²) >= 11 is 0. The molecule has 0 saturated heterocycles. The van der Waals surface area contributed by atoms with Gasteiger partial charge in [-0.25, -0.2) is 4.42 Å². The van der Waals surface area contributed by atoms with Gasteiger partial charge in [0.2, 0.25) is 0 Å². The molecule has 1 nitrogen and oxygen atoms in total. The molecule has 0 spiro atoms. The summed E-state index contributed by atoms with van der Waals surface area (Å²) in [7, 11) is 0. The lowest BCUT2D eigenvalue weighted by molar-refractivity contribution is 0.580. The normalized spacial score (nSPS) is 11.9. The van der Waals surface area contributed by atoms with E-state index in [1.54, 1.807) is 0 Å². The van der Waals surface area contributed by atoms with Crippen LogP contribution in [0.2, 0.25) is 0 Å². The van der Waals surface area contributed by atoms with Crippen molar-refractivity contribution in [1.82, 2.24) is 0 Å². The molecule has 0 bridgehead atoms. The zero-order chi connectivity index (χ0) is 18.4. The number of rotatable bonds is 2. The minimum Gasteiger partial charge on any atom is -0.206 e. The van der Waals surface area contributed by atoms with Crippen molar-refractivity contribution in [2.45, 2.75) is 20.3 Å². The smallest absolute Gasteiger partial charge is 0.206 e. The molecule has 0 aliphatic heterocycles. The Morgan fingerprint density at radius 2 is 1.30 bits per heavy atom. The third-order valence-corrected chi connectivity index (χ3v) is 5.57. The molecule has 5 rings (SSSR count). The molecule has 1 heteroatoms. The Bertz CT molecular complexity index is 1140. The van der Waals surface area contributed by atoms with E-state index in [1.165, 1.54) is 38.9 Å². The maximum Gasteiger partial charge on any atom is 0.365 e. The molecule has 1 heterocycles. The van der Waals surface area contributed by atoms with Gasteiger partial charge in [-0.1, -0.05) is 60.7 Å². The van der Waals surface area contributed by atoms with Crippen molar-refractivity contribution < 1.29 is 4.42 Å². The fourth-order valence-electron chi connectivity index (χ4n) is 4.13. The van der Waals surface area contributed by atoms with Crippen molar-refractivity contribution in [2.24, 2.45) is 0 Å². The van der Waals surface area contributed by atoms with Gasteiger partial charge in [0.05, 0.1) is 22.8 Å². The molecule has 1 aromatic heterocycles. The van der Waals surface area contributed by atoms with Crippen LogP contribution in [0.25, 0.3) is 33.8 Å². The van der Waals surface area contributed by atoms with Gasteiger partial charge in [0.1, 0.15) is 0 Å². The second-order valence-corrected chi connectivity index (χ2v) is 7.29. The molecular formula is C26H21O+. The highest BCUT2D eigenvalue weighted by Crippen LogP contribution is 2.46. The Morgan fingerprint density at radius 3 is 2.00 bits per heavy atom. The monoisotopic (exact) mass is 349 g/mol. The number of hydrogen-bond donors (Lipinski definition) is 0. The van der Waals surface area contributed by atoms with Gasteiger partial charge < -0.3 is 0 Å². The summed E-state index contributed by atoms with van der Waals surface area (Å²) in [6, 6.07) is 27.7. The van der Waals surface area contributed by atoms with Crippen LogP contribution < -0.4 is 0 Å². The van der Waals surface area contributed by atoms with Gasteiger partial charge in [0.25, 0.3) is 0 Å². The van der Waals surface area contributed by atoms with E-state index in [4.69, 9.17) is 4.42 Å². The Labute approximate surface area is 159 Å². The lowest BCUT2D eigenvalue weighted by Gasteiger charge is -2.05. The fraction of sp³-hybridized carbons (Fsp3) is 0.115. The van der Waals surface area contributed by atoms with Crippen LogP contribution in [0.5, 0.6) is 0 Å². The average molecular weight is 349 g/mol. The first-order chi connectivity index (χ1) is 13.2. The Hall–Kier alpha value is -3.19. The van der Waals surface area contributed by atoms with Crippen LogP contribution in [0.3, 0.4) is 0 Å². The van der Waals surface area contributed by atoms with Gasteiger partial charge in [0, 0.05) is 12.0 Å². The molecular weight excluding hydrogens is 328 g/mol. The van der Waals surface area contributed by atoms with E-state index in [-0.39, 0.29) is 0 Å². The van der Waals surface area contributed by atoms with Crippen molar-refractivity contribution in [3.05, 3.63) is 101 Å². The summed E-state index contributed by atoms with van der Waals surface area (Å²) in [6.07, 6.45) is 0.932. The van der Waals surface area contributed by atoms with Gasteiger partial charge >= 0.3 is 11.5 Å². The van der Waals surface area contributed by atoms with Gasteiger partial charge in [-0.3, -0.25) is 0 Å². The summed E-state index contributed by atoms with van der Waals surface area (Å²) in [4.78, 5) is 0. The lowest BCUT2D eigenvalue weighted by Crippen LogP contribution is -1.91. The first kappa shape index (κ1) is 16.0. The zero-order valence-electron chi connectivity index (χ0n) is 15.6. The molecule has 0 atom stereocenters. The largest absolute Gasteiger partial charge is 0.365 e. The molecule has 0 radical (unpaired) electrons. The molecule has 0 N–H and O–H groups in total. The van der Waals surface area contributed by atoms with Gasteiger partial charge in [-0.15, -0.1) is 0 Å². The summed E-state index contributed by atoms with van der Waals surface area (Å²) in [5, 5.41) is 0. The van der Waals surface area contributed by atoms with Crippen molar-refractivity contribution in [3.63, 3.8) is 0 Å². The molecule has 0 unspecified atom stereocenters. The van der Waals surface area contributed by atoms with Gasteiger partial charge in [-0.2, -0.15) is 0 Å².